The first kappa shape index (κ1) is 20.7. The summed E-state index contributed by atoms with van der Waals surface area (Å²) < 4.78 is 0. The van der Waals surface area contributed by atoms with E-state index in [9.17, 15) is 0 Å². The Morgan fingerprint density at radius 2 is 1.55 bits per heavy atom. The summed E-state index contributed by atoms with van der Waals surface area (Å²) in [5.74, 6) is 0. The molecule has 168 valence electrons. The van der Waals surface area contributed by atoms with Gasteiger partial charge in [0.1, 0.15) is 0 Å². The lowest BCUT2D eigenvalue weighted by Crippen LogP contribution is -2.41. The zero-order valence-corrected chi connectivity index (χ0v) is 19.5. The van der Waals surface area contributed by atoms with E-state index in [1.54, 1.807) is 0 Å². The highest BCUT2D eigenvalue weighted by Crippen LogP contribution is 2.41. The molecule has 33 heavy (non-hydrogen) atoms. The molecule has 3 aromatic rings. The molecule has 0 bridgehead atoms. The number of fused-ring (bicyclic) bond motifs is 1. The molecule has 1 unspecified atom stereocenters. The van der Waals surface area contributed by atoms with Crippen LogP contribution in [0, 0.1) is 5.41 Å². The zero-order valence-electron chi connectivity index (χ0n) is 19.5. The number of anilines is 1. The molecular weight excluding hydrogens is 400 g/mol. The van der Waals surface area contributed by atoms with E-state index in [-0.39, 0.29) is 0 Å². The smallest absolute Gasteiger partial charge is 0.0366 e. The van der Waals surface area contributed by atoms with Crippen LogP contribution in [0.1, 0.15) is 54.4 Å². The fraction of sp³-hybridized carbons (Fsp3) is 0.355. The maximum Gasteiger partial charge on any atom is 0.0366 e. The third-order valence-electron chi connectivity index (χ3n) is 8.10. The van der Waals surface area contributed by atoms with Crippen molar-refractivity contribution in [2.45, 2.75) is 38.5 Å². The van der Waals surface area contributed by atoms with Gasteiger partial charge in [-0.2, -0.15) is 0 Å². The predicted octanol–water partition coefficient (Wildman–Crippen LogP) is 6.56. The van der Waals surface area contributed by atoms with Crippen LogP contribution in [-0.2, 0) is 6.42 Å². The second-order valence-electron chi connectivity index (χ2n) is 10.2. The summed E-state index contributed by atoms with van der Waals surface area (Å²) in [4.78, 5) is 2.62. The Morgan fingerprint density at radius 3 is 2.36 bits per heavy atom. The number of aryl methyl sites for hydroxylation is 1. The van der Waals surface area contributed by atoms with Crippen molar-refractivity contribution in [1.82, 2.24) is 5.32 Å². The number of nitrogens with one attached hydrogen (secondary N) is 1. The van der Waals surface area contributed by atoms with E-state index < -0.39 is 0 Å². The molecule has 1 spiro atoms. The van der Waals surface area contributed by atoms with Crippen LogP contribution in [0.25, 0.3) is 11.1 Å². The average molecular weight is 435 g/mol. The van der Waals surface area contributed by atoms with Gasteiger partial charge in [0.2, 0.25) is 0 Å². The molecule has 2 heteroatoms. The summed E-state index contributed by atoms with van der Waals surface area (Å²) in [6.07, 6.45) is 7.49. The van der Waals surface area contributed by atoms with Gasteiger partial charge in [-0.1, -0.05) is 66.7 Å². The van der Waals surface area contributed by atoms with Gasteiger partial charge in [-0.05, 0) is 90.6 Å². The number of hydrogen-bond acceptors (Lipinski definition) is 2. The topological polar surface area (TPSA) is 15.3 Å². The van der Waals surface area contributed by atoms with Crippen molar-refractivity contribution in [3.63, 3.8) is 0 Å². The Hall–Kier alpha value is -2.84. The largest absolute Gasteiger partial charge is 0.371 e. The van der Waals surface area contributed by atoms with Gasteiger partial charge in [-0.25, -0.2) is 0 Å². The summed E-state index contributed by atoms with van der Waals surface area (Å²) in [7, 11) is 0. The van der Waals surface area contributed by atoms with Gasteiger partial charge in [-0.3, -0.25) is 0 Å². The highest BCUT2D eigenvalue weighted by atomic mass is 15.2. The Balaban J connectivity index is 1.37. The van der Waals surface area contributed by atoms with Crippen molar-refractivity contribution in [2.24, 2.45) is 5.41 Å². The average Bonchev–Trinajstić information content (AvgIpc) is 3.17. The van der Waals surface area contributed by atoms with Crippen LogP contribution in [0.5, 0.6) is 0 Å². The zero-order chi connectivity index (χ0) is 22.1. The quantitative estimate of drug-likeness (QED) is 0.502. The summed E-state index contributed by atoms with van der Waals surface area (Å²) in [5, 5.41) is 3.64. The normalized spacial score (nSPS) is 23.0. The molecule has 2 fully saturated rings. The molecule has 3 aromatic carbocycles. The first-order valence-electron chi connectivity index (χ1n) is 12.7. The van der Waals surface area contributed by atoms with E-state index in [2.05, 4.69) is 89.1 Å². The fourth-order valence-electron chi connectivity index (χ4n) is 6.36. The highest BCUT2D eigenvalue weighted by Gasteiger charge is 2.39. The molecule has 0 saturated carbocycles. The monoisotopic (exact) mass is 434 g/mol. The maximum absolute atomic E-state index is 3.64. The van der Waals surface area contributed by atoms with E-state index >= 15 is 0 Å². The number of rotatable bonds is 3. The molecule has 2 heterocycles. The van der Waals surface area contributed by atoms with Crippen LogP contribution in [0.15, 0.2) is 78.9 Å². The standard InChI is InChI=1S/C31H34N2/c1-2-8-24(9-3-1)29-13-6-11-25-10-4-5-12-28(25)30(29)26-14-16-27(17-15-26)33-21-19-31(23-33)18-7-20-32-22-31/h1-5,8-10,12,14-17,32H,6-7,11,13,18-23H2. The second kappa shape index (κ2) is 8.83. The van der Waals surface area contributed by atoms with E-state index in [0.29, 0.717) is 5.41 Å². The van der Waals surface area contributed by atoms with E-state index in [0.717, 1.165) is 12.8 Å². The van der Waals surface area contributed by atoms with E-state index in [4.69, 9.17) is 0 Å². The molecule has 2 nitrogen and oxygen atoms in total. The fourth-order valence-corrected chi connectivity index (χ4v) is 6.36. The first-order chi connectivity index (χ1) is 16.3. The van der Waals surface area contributed by atoms with Crippen molar-refractivity contribution in [3.05, 3.63) is 101 Å². The van der Waals surface area contributed by atoms with Crippen LogP contribution < -0.4 is 10.2 Å². The van der Waals surface area contributed by atoms with E-state index in [1.165, 1.54) is 90.9 Å². The Labute approximate surface area is 198 Å². The summed E-state index contributed by atoms with van der Waals surface area (Å²) in [6.45, 7) is 4.75. The minimum absolute atomic E-state index is 0.486. The first-order valence-corrected chi connectivity index (χ1v) is 12.7. The summed E-state index contributed by atoms with van der Waals surface area (Å²) >= 11 is 0. The van der Waals surface area contributed by atoms with Crippen LogP contribution in [0.3, 0.4) is 0 Å². The van der Waals surface area contributed by atoms with Crippen molar-refractivity contribution >= 4 is 16.8 Å². The highest BCUT2D eigenvalue weighted by molar-refractivity contribution is 6.00. The lowest BCUT2D eigenvalue weighted by molar-refractivity contribution is 0.239. The number of piperidine rings is 1. The van der Waals surface area contributed by atoms with Crippen molar-refractivity contribution in [1.29, 1.82) is 0 Å². The molecule has 1 atom stereocenters. The molecule has 3 aliphatic rings. The van der Waals surface area contributed by atoms with Gasteiger partial charge >= 0.3 is 0 Å². The van der Waals surface area contributed by atoms with Crippen LogP contribution in [0.4, 0.5) is 5.69 Å². The number of allylic oxidation sites excluding steroid dienone is 1. The minimum atomic E-state index is 0.486. The molecule has 1 aliphatic carbocycles. The molecule has 0 aromatic heterocycles. The van der Waals surface area contributed by atoms with Crippen LogP contribution >= 0.6 is 0 Å². The molecule has 2 saturated heterocycles. The SMILES string of the molecule is c1ccc(C2=C(c3ccc(N4CCC5(CCCNC5)C4)cc3)c3ccccc3CCC2)cc1. The summed E-state index contributed by atoms with van der Waals surface area (Å²) in [5.41, 5.74) is 10.4. The number of benzene rings is 3. The Bertz CT molecular complexity index is 1140. The van der Waals surface area contributed by atoms with Gasteiger partial charge in [0.05, 0.1) is 0 Å². The maximum atomic E-state index is 3.64. The summed E-state index contributed by atoms with van der Waals surface area (Å²) in [6, 6.07) is 29.5. The van der Waals surface area contributed by atoms with Gasteiger partial charge in [0.15, 0.2) is 0 Å². The van der Waals surface area contributed by atoms with Crippen molar-refractivity contribution in [3.8, 4) is 0 Å². The van der Waals surface area contributed by atoms with Crippen molar-refractivity contribution in [2.75, 3.05) is 31.1 Å². The molecule has 0 radical (unpaired) electrons. The van der Waals surface area contributed by atoms with Gasteiger partial charge in [-0.15, -0.1) is 0 Å². The Kier molecular flexibility index (Phi) is 5.55. The lowest BCUT2D eigenvalue weighted by atomic mass is 9.80. The molecule has 2 aliphatic heterocycles. The van der Waals surface area contributed by atoms with Gasteiger partial charge in [0, 0.05) is 30.7 Å². The predicted molar refractivity (Wildman–Crippen MR) is 140 cm³/mol. The Morgan fingerprint density at radius 1 is 0.727 bits per heavy atom. The molecule has 0 amide bonds. The van der Waals surface area contributed by atoms with Crippen LogP contribution in [-0.4, -0.2) is 26.2 Å². The number of hydrogen-bond donors (Lipinski definition) is 1. The molecule has 6 rings (SSSR count). The van der Waals surface area contributed by atoms with E-state index in [1.807, 2.05) is 0 Å². The third kappa shape index (κ3) is 4.02. The second-order valence-corrected chi connectivity index (χ2v) is 10.2. The van der Waals surface area contributed by atoms with Gasteiger partial charge in [0.25, 0.3) is 0 Å². The van der Waals surface area contributed by atoms with Crippen molar-refractivity contribution < 1.29 is 0 Å². The third-order valence-corrected chi connectivity index (χ3v) is 8.10. The lowest BCUT2D eigenvalue weighted by Gasteiger charge is -2.34. The molecule has 1 N–H and O–H groups in total. The number of nitrogens with zero attached hydrogens (tertiary/aromatic N) is 1. The van der Waals surface area contributed by atoms with Gasteiger partial charge < -0.3 is 10.2 Å². The minimum Gasteiger partial charge on any atom is -0.371 e. The van der Waals surface area contributed by atoms with Crippen LogP contribution in [0.2, 0.25) is 0 Å². The molecular formula is C31H34N2.